The molecule has 0 unspecified atom stereocenters. The molecular weight excluding hydrogens is 413 g/mol. The third kappa shape index (κ3) is 3.14. The minimum Gasteiger partial charge on any atom is -0.353 e. The van der Waals surface area contributed by atoms with Crippen LogP contribution in [0.15, 0.2) is 66.9 Å². The summed E-state index contributed by atoms with van der Waals surface area (Å²) in [4.78, 5) is 7.94. The van der Waals surface area contributed by atoms with Crippen LogP contribution in [0.2, 0.25) is 0 Å². The second-order valence-corrected chi connectivity index (χ2v) is 8.55. The monoisotopic (exact) mass is 435 g/mol. The first-order valence-electron chi connectivity index (χ1n) is 10.8. The van der Waals surface area contributed by atoms with Crippen molar-refractivity contribution in [3.8, 4) is 33.8 Å². The fourth-order valence-corrected chi connectivity index (χ4v) is 4.58. The van der Waals surface area contributed by atoms with Gasteiger partial charge in [0, 0.05) is 28.9 Å². The number of halogens is 1. The molecule has 0 radical (unpaired) electrons. The summed E-state index contributed by atoms with van der Waals surface area (Å²) in [6.07, 6.45) is 1.90. The highest BCUT2D eigenvalue weighted by molar-refractivity contribution is 6.01. The number of fused-ring (bicyclic) bond motifs is 2. The Bertz CT molecular complexity index is 1650. The van der Waals surface area contributed by atoms with E-state index in [1.807, 2.05) is 57.4 Å². The number of H-pyrrole nitrogens is 2. The molecule has 162 valence electrons. The lowest BCUT2D eigenvalue weighted by atomic mass is 9.99. The number of nitrogens with one attached hydrogen (secondary N) is 2. The van der Waals surface area contributed by atoms with Gasteiger partial charge in [0.25, 0.3) is 0 Å². The quantitative estimate of drug-likeness (QED) is 0.332. The molecule has 0 bridgehead atoms. The Morgan fingerprint density at radius 2 is 1.76 bits per heavy atom. The third-order valence-electron chi connectivity index (χ3n) is 6.35. The Labute approximate surface area is 189 Å². The molecule has 6 aromatic rings. The van der Waals surface area contributed by atoms with Crippen molar-refractivity contribution in [1.82, 2.24) is 24.7 Å². The van der Waals surface area contributed by atoms with Crippen LogP contribution >= 0.6 is 0 Å². The summed E-state index contributed by atoms with van der Waals surface area (Å²) in [7, 11) is 2.02. The normalized spacial score (nSPS) is 11.6. The molecule has 0 saturated carbocycles. The molecule has 6 heteroatoms. The molecule has 0 aliphatic carbocycles. The van der Waals surface area contributed by atoms with Crippen LogP contribution in [-0.2, 0) is 7.05 Å². The van der Waals surface area contributed by atoms with Crippen molar-refractivity contribution in [2.75, 3.05) is 0 Å². The zero-order valence-electron chi connectivity index (χ0n) is 18.6. The summed E-state index contributed by atoms with van der Waals surface area (Å²) < 4.78 is 16.2. The number of aromatic nitrogens is 5. The summed E-state index contributed by atoms with van der Waals surface area (Å²) >= 11 is 0. The lowest BCUT2D eigenvalue weighted by Crippen LogP contribution is -1.94. The van der Waals surface area contributed by atoms with Crippen molar-refractivity contribution in [3.05, 3.63) is 84.1 Å². The maximum absolute atomic E-state index is 14.1. The zero-order chi connectivity index (χ0) is 22.7. The molecule has 33 heavy (non-hydrogen) atoms. The van der Waals surface area contributed by atoms with Gasteiger partial charge in [-0.15, -0.1) is 0 Å². The number of aromatic amines is 2. The van der Waals surface area contributed by atoms with Gasteiger partial charge in [-0.3, -0.25) is 5.10 Å². The smallest absolute Gasteiger partial charge is 0.124 e. The second kappa shape index (κ2) is 7.17. The van der Waals surface area contributed by atoms with E-state index in [2.05, 4.69) is 42.9 Å². The Balaban J connectivity index is 1.52. The van der Waals surface area contributed by atoms with Crippen LogP contribution in [0.4, 0.5) is 4.39 Å². The number of hydrogen-bond acceptors (Lipinski definition) is 2. The van der Waals surface area contributed by atoms with E-state index in [-0.39, 0.29) is 5.82 Å². The SMILES string of the molecule is Cc1cc(F)cc(-c2cccc3[nH]c(-c4n[nH]c5ccc(-c6cnc(C)n6C)cc45)cc23)c1. The van der Waals surface area contributed by atoms with E-state index < -0.39 is 0 Å². The molecule has 2 N–H and O–H groups in total. The highest BCUT2D eigenvalue weighted by atomic mass is 19.1. The molecule has 3 aromatic heterocycles. The van der Waals surface area contributed by atoms with Gasteiger partial charge >= 0.3 is 0 Å². The average molecular weight is 436 g/mol. The molecule has 3 heterocycles. The van der Waals surface area contributed by atoms with Gasteiger partial charge in [-0.05, 0) is 66.9 Å². The Morgan fingerprint density at radius 3 is 2.55 bits per heavy atom. The lowest BCUT2D eigenvalue weighted by Gasteiger charge is -2.05. The summed E-state index contributed by atoms with van der Waals surface area (Å²) in [5.74, 6) is 0.738. The topological polar surface area (TPSA) is 62.3 Å². The van der Waals surface area contributed by atoms with E-state index in [1.165, 1.54) is 0 Å². The number of aryl methyl sites for hydroxylation is 2. The molecule has 0 aliphatic rings. The van der Waals surface area contributed by atoms with Gasteiger partial charge in [0.15, 0.2) is 0 Å². The van der Waals surface area contributed by atoms with Crippen LogP contribution in [0.3, 0.4) is 0 Å². The van der Waals surface area contributed by atoms with Gasteiger partial charge in [0.1, 0.15) is 17.3 Å². The maximum atomic E-state index is 14.1. The number of hydrogen-bond donors (Lipinski definition) is 2. The molecule has 0 aliphatic heterocycles. The van der Waals surface area contributed by atoms with Crippen LogP contribution in [0, 0.1) is 19.7 Å². The molecule has 0 saturated heterocycles. The highest BCUT2D eigenvalue weighted by Gasteiger charge is 2.15. The van der Waals surface area contributed by atoms with Gasteiger partial charge in [-0.1, -0.05) is 24.3 Å². The van der Waals surface area contributed by atoms with Crippen molar-refractivity contribution in [3.63, 3.8) is 0 Å². The molecule has 0 atom stereocenters. The molecule has 0 spiro atoms. The highest BCUT2D eigenvalue weighted by Crippen LogP contribution is 2.35. The first-order valence-corrected chi connectivity index (χ1v) is 10.8. The summed E-state index contributed by atoms with van der Waals surface area (Å²) in [6.45, 7) is 3.90. The third-order valence-corrected chi connectivity index (χ3v) is 6.35. The molecule has 3 aromatic carbocycles. The van der Waals surface area contributed by atoms with E-state index in [4.69, 9.17) is 0 Å². The second-order valence-electron chi connectivity index (χ2n) is 8.55. The molecule has 0 fully saturated rings. The Kier molecular flexibility index (Phi) is 4.23. The van der Waals surface area contributed by atoms with E-state index in [0.717, 1.165) is 67.0 Å². The van der Waals surface area contributed by atoms with Gasteiger partial charge in [0.2, 0.25) is 0 Å². The van der Waals surface area contributed by atoms with Crippen LogP contribution < -0.4 is 0 Å². The average Bonchev–Trinajstić information content (AvgIpc) is 3.49. The standard InChI is InChI=1S/C27H22FN5/c1-15-9-18(11-19(28)10-15)20-5-4-6-23-21(20)13-25(30-23)27-22-12-17(7-8-24(22)31-32-27)26-14-29-16(2)33(26)3/h4-14,30H,1-3H3,(H,31,32). The van der Waals surface area contributed by atoms with Crippen LogP contribution in [0.5, 0.6) is 0 Å². The van der Waals surface area contributed by atoms with Crippen molar-refractivity contribution < 1.29 is 4.39 Å². The van der Waals surface area contributed by atoms with Crippen molar-refractivity contribution in [2.45, 2.75) is 13.8 Å². The predicted molar refractivity (Wildman–Crippen MR) is 130 cm³/mol. The zero-order valence-corrected chi connectivity index (χ0v) is 18.6. The molecule has 6 rings (SSSR count). The van der Waals surface area contributed by atoms with Gasteiger partial charge in [0.05, 0.1) is 23.1 Å². The molecule has 0 amide bonds. The van der Waals surface area contributed by atoms with Crippen LogP contribution in [-0.4, -0.2) is 24.7 Å². The Hall–Kier alpha value is -4.19. The summed E-state index contributed by atoms with van der Waals surface area (Å²) in [5, 5.41) is 9.83. The van der Waals surface area contributed by atoms with E-state index >= 15 is 0 Å². The fraction of sp³-hybridized carbons (Fsp3) is 0.111. The predicted octanol–water partition coefficient (Wildman–Crippen LogP) is 6.53. The van der Waals surface area contributed by atoms with E-state index in [9.17, 15) is 4.39 Å². The van der Waals surface area contributed by atoms with Crippen LogP contribution in [0.25, 0.3) is 55.6 Å². The first-order chi connectivity index (χ1) is 16.0. The number of benzene rings is 3. The number of rotatable bonds is 3. The largest absolute Gasteiger partial charge is 0.353 e. The van der Waals surface area contributed by atoms with E-state index in [0.29, 0.717) is 0 Å². The lowest BCUT2D eigenvalue weighted by molar-refractivity contribution is 0.627. The minimum absolute atomic E-state index is 0.228. The van der Waals surface area contributed by atoms with Gasteiger partial charge in [-0.2, -0.15) is 5.10 Å². The van der Waals surface area contributed by atoms with Gasteiger partial charge < -0.3 is 9.55 Å². The maximum Gasteiger partial charge on any atom is 0.124 e. The number of imidazole rings is 1. The van der Waals surface area contributed by atoms with Crippen molar-refractivity contribution in [2.24, 2.45) is 7.05 Å². The number of nitrogens with zero attached hydrogens (tertiary/aromatic N) is 3. The van der Waals surface area contributed by atoms with Gasteiger partial charge in [-0.25, -0.2) is 9.37 Å². The first kappa shape index (κ1) is 19.5. The Morgan fingerprint density at radius 1 is 0.879 bits per heavy atom. The van der Waals surface area contributed by atoms with Crippen LogP contribution in [0.1, 0.15) is 11.4 Å². The fourth-order valence-electron chi connectivity index (χ4n) is 4.58. The molecule has 5 nitrogen and oxygen atoms in total. The summed E-state index contributed by atoms with van der Waals surface area (Å²) in [5.41, 5.74) is 8.61. The van der Waals surface area contributed by atoms with Crippen molar-refractivity contribution >= 4 is 21.8 Å². The van der Waals surface area contributed by atoms with Crippen molar-refractivity contribution in [1.29, 1.82) is 0 Å². The minimum atomic E-state index is -0.228. The summed E-state index contributed by atoms with van der Waals surface area (Å²) in [6, 6.07) is 19.6. The molecular formula is C27H22FN5. The van der Waals surface area contributed by atoms with E-state index in [1.54, 1.807) is 12.1 Å².